The fraction of sp³-hybridized carbons (Fsp3) is 0.167. The first kappa shape index (κ1) is 23.7. The van der Waals surface area contributed by atoms with Crippen LogP contribution >= 0.6 is 0 Å². The molecule has 2 aromatic carbocycles. The molecule has 11 heteroatoms. The Balaban J connectivity index is 2.03. The van der Waals surface area contributed by atoms with Gasteiger partial charge >= 0.3 is 11.9 Å². The van der Waals surface area contributed by atoms with E-state index in [-0.39, 0.29) is 40.4 Å². The number of nitrogens with zero attached hydrogens (tertiary/aromatic N) is 5. The number of rotatable bonds is 4. The number of benzene rings is 2. The van der Waals surface area contributed by atoms with Gasteiger partial charge in [0.05, 0.1) is 40.3 Å². The predicted octanol–water partition coefficient (Wildman–Crippen LogP) is 4.21. The summed E-state index contributed by atoms with van der Waals surface area (Å²) < 4.78 is 57.7. The van der Waals surface area contributed by atoms with Crippen molar-refractivity contribution in [2.24, 2.45) is 0 Å². The first-order valence-corrected chi connectivity index (χ1v) is 10.4. The lowest BCUT2D eigenvalue weighted by Gasteiger charge is -2.18. The number of halogens is 4. The molecule has 0 aliphatic heterocycles. The van der Waals surface area contributed by atoms with Gasteiger partial charge in [-0.3, -0.25) is 13.9 Å². The predicted molar refractivity (Wildman–Crippen MR) is 119 cm³/mol. The Morgan fingerprint density at radius 1 is 1.09 bits per heavy atom. The summed E-state index contributed by atoms with van der Waals surface area (Å²) in [7, 11) is 0. The molecule has 4 rings (SSSR count). The van der Waals surface area contributed by atoms with Gasteiger partial charge in [0.15, 0.2) is 0 Å². The average molecular weight is 483 g/mol. The second-order valence-corrected chi connectivity index (χ2v) is 7.58. The summed E-state index contributed by atoms with van der Waals surface area (Å²) >= 11 is 0. The summed E-state index contributed by atoms with van der Waals surface area (Å²) in [5, 5.41) is 13.1. The standard InChI is InChI=1S/C24H17F4N5O2/c1-3-31-22(34)21(20-9-10-30-33(20)19-8-7-15(13-29)11-18(19)25)14(2)32(23(31)35)17-6-4-5-16(12-17)24(26,27)28/h4-12H,3H2,1-2H3. The number of nitriles is 1. The molecule has 178 valence electrons. The molecule has 4 aromatic rings. The Morgan fingerprint density at radius 2 is 1.83 bits per heavy atom. The summed E-state index contributed by atoms with van der Waals surface area (Å²) in [6.45, 7) is 2.92. The van der Waals surface area contributed by atoms with E-state index in [9.17, 15) is 27.2 Å². The van der Waals surface area contributed by atoms with E-state index in [1.165, 1.54) is 43.5 Å². The van der Waals surface area contributed by atoms with Crippen molar-refractivity contribution in [3.63, 3.8) is 0 Å². The van der Waals surface area contributed by atoms with Crippen molar-refractivity contribution < 1.29 is 17.6 Å². The molecule has 0 aliphatic rings. The van der Waals surface area contributed by atoms with Gasteiger partial charge in [0.2, 0.25) is 0 Å². The molecule has 0 unspecified atom stereocenters. The Kier molecular flexibility index (Phi) is 5.90. The highest BCUT2D eigenvalue weighted by atomic mass is 19.4. The lowest BCUT2D eigenvalue weighted by Crippen LogP contribution is -2.41. The van der Waals surface area contributed by atoms with Crippen LogP contribution in [0.15, 0.2) is 64.3 Å². The smallest absolute Gasteiger partial charge is 0.268 e. The second kappa shape index (κ2) is 8.72. The third-order valence-electron chi connectivity index (χ3n) is 5.53. The van der Waals surface area contributed by atoms with Crippen molar-refractivity contribution in [3.8, 4) is 28.7 Å². The lowest BCUT2D eigenvalue weighted by molar-refractivity contribution is -0.137. The summed E-state index contributed by atoms with van der Waals surface area (Å²) in [5.74, 6) is -0.770. The molecule has 0 saturated carbocycles. The highest BCUT2D eigenvalue weighted by molar-refractivity contribution is 5.64. The summed E-state index contributed by atoms with van der Waals surface area (Å²) in [6, 6.07) is 11.2. The van der Waals surface area contributed by atoms with Gasteiger partial charge in [-0.05, 0) is 56.3 Å². The van der Waals surface area contributed by atoms with Gasteiger partial charge in [-0.1, -0.05) is 6.07 Å². The van der Waals surface area contributed by atoms with Gasteiger partial charge < -0.3 is 0 Å². The second-order valence-electron chi connectivity index (χ2n) is 7.58. The van der Waals surface area contributed by atoms with Crippen LogP contribution in [-0.4, -0.2) is 18.9 Å². The molecular formula is C24H17F4N5O2. The molecule has 0 aliphatic carbocycles. The highest BCUT2D eigenvalue weighted by Crippen LogP contribution is 2.31. The van der Waals surface area contributed by atoms with Crippen molar-refractivity contribution in [1.29, 1.82) is 5.26 Å². The zero-order valence-corrected chi connectivity index (χ0v) is 18.5. The van der Waals surface area contributed by atoms with Crippen molar-refractivity contribution >= 4 is 0 Å². The third-order valence-corrected chi connectivity index (χ3v) is 5.53. The quantitative estimate of drug-likeness (QED) is 0.407. The fourth-order valence-electron chi connectivity index (χ4n) is 3.88. The van der Waals surface area contributed by atoms with Crippen LogP contribution in [0.1, 0.15) is 23.7 Å². The maximum atomic E-state index is 14.8. The summed E-state index contributed by atoms with van der Waals surface area (Å²) in [6.07, 6.45) is -3.32. The van der Waals surface area contributed by atoms with Crippen LogP contribution < -0.4 is 11.2 Å². The monoisotopic (exact) mass is 483 g/mol. The van der Waals surface area contributed by atoms with Crippen LogP contribution in [0.4, 0.5) is 17.6 Å². The Morgan fingerprint density at radius 3 is 2.46 bits per heavy atom. The summed E-state index contributed by atoms with van der Waals surface area (Å²) in [4.78, 5) is 26.4. The van der Waals surface area contributed by atoms with Gasteiger partial charge in [0, 0.05) is 12.2 Å². The summed E-state index contributed by atoms with van der Waals surface area (Å²) in [5.41, 5.74) is -2.37. The van der Waals surface area contributed by atoms with E-state index in [0.29, 0.717) is 0 Å². The molecule has 2 aromatic heterocycles. The molecule has 0 amide bonds. The van der Waals surface area contributed by atoms with Crippen molar-refractivity contribution in [3.05, 3.63) is 98.2 Å². The number of hydrogen-bond donors (Lipinski definition) is 0. The molecule has 2 heterocycles. The molecule has 0 atom stereocenters. The molecule has 7 nitrogen and oxygen atoms in total. The molecule has 0 radical (unpaired) electrons. The molecular weight excluding hydrogens is 466 g/mol. The first-order chi connectivity index (χ1) is 16.6. The van der Waals surface area contributed by atoms with Crippen molar-refractivity contribution in [2.75, 3.05) is 0 Å². The lowest BCUT2D eigenvalue weighted by atomic mass is 10.1. The number of aromatic nitrogens is 4. The van der Waals surface area contributed by atoms with E-state index < -0.39 is 28.8 Å². The van der Waals surface area contributed by atoms with Crippen LogP contribution in [0.3, 0.4) is 0 Å². The Labute approximate surface area is 195 Å². The van der Waals surface area contributed by atoms with Crippen LogP contribution in [0.2, 0.25) is 0 Å². The molecule has 35 heavy (non-hydrogen) atoms. The molecule has 0 spiro atoms. The molecule has 0 saturated heterocycles. The Hall–Kier alpha value is -4.46. The maximum absolute atomic E-state index is 14.8. The minimum absolute atomic E-state index is 0.0369. The average Bonchev–Trinajstić information content (AvgIpc) is 3.28. The van der Waals surface area contributed by atoms with Gasteiger partial charge in [-0.2, -0.15) is 23.5 Å². The van der Waals surface area contributed by atoms with E-state index >= 15 is 0 Å². The minimum atomic E-state index is -4.64. The van der Waals surface area contributed by atoms with Crippen LogP contribution in [0.5, 0.6) is 0 Å². The largest absolute Gasteiger partial charge is 0.416 e. The van der Waals surface area contributed by atoms with Crippen molar-refractivity contribution in [2.45, 2.75) is 26.6 Å². The number of hydrogen-bond acceptors (Lipinski definition) is 4. The zero-order chi connectivity index (χ0) is 25.5. The molecule has 0 bridgehead atoms. The van der Waals surface area contributed by atoms with E-state index in [1.807, 2.05) is 6.07 Å². The van der Waals surface area contributed by atoms with E-state index in [4.69, 9.17) is 5.26 Å². The fourth-order valence-corrected chi connectivity index (χ4v) is 3.88. The van der Waals surface area contributed by atoms with Crippen LogP contribution in [-0.2, 0) is 12.7 Å². The van der Waals surface area contributed by atoms with E-state index in [0.717, 1.165) is 32.0 Å². The highest BCUT2D eigenvalue weighted by Gasteiger charge is 2.31. The van der Waals surface area contributed by atoms with Gasteiger partial charge in [-0.15, -0.1) is 0 Å². The van der Waals surface area contributed by atoms with E-state index in [2.05, 4.69) is 5.10 Å². The first-order valence-electron chi connectivity index (χ1n) is 10.4. The van der Waals surface area contributed by atoms with Crippen LogP contribution in [0.25, 0.3) is 22.6 Å². The molecule has 0 N–H and O–H groups in total. The Bertz CT molecular complexity index is 1610. The van der Waals surface area contributed by atoms with Crippen LogP contribution in [0, 0.1) is 24.1 Å². The maximum Gasteiger partial charge on any atom is 0.416 e. The SMILES string of the molecule is CCn1c(=O)c(-c2ccnn2-c2ccc(C#N)cc2F)c(C)n(-c2cccc(C(F)(F)F)c2)c1=O. The minimum Gasteiger partial charge on any atom is -0.268 e. The number of alkyl halides is 3. The topological polar surface area (TPSA) is 85.6 Å². The van der Waals surface area contributed by atoms with Gasteiger partial charge in [0.25, 0.3) is 5.56 Å². The van der Waals surface area contributed by atoms with Gasteiger partial charge in [0.1, 0.15) is 11.5 Å². The normalized spacial score (nSPS) is 11.5. The zero-order valence-electron chi connectivity index (χ0n) is 18.5. The third kappa shape index (κ3) is 4.03. The van der Waals surface area contributed by atoms with Gasteiger partial charge in [-0.25, -0.2) is 13.9 Å². The van der Waals surface area contributed by atoms with E-state index in [1.54, 1.807) is 6.92 Å². The van der Waals surface area contributed by atoms with Crippen molar-refractivity contribution in [1.82, 2.24) is 18.9 Å². The molecule has 0 fully saturated rings.